The minimum absolute atomic E-state index is 0.00453. The molecule has 3 aromatic rings. The molecule has 38 heavy (non-hydrogen) atoms. The predicted molar refractivity (Wildman–Crippen MR) is 116 cm³/mol. The molecule has 0 saturated heterocycles. The summed E-state index contributed by atoms with van der Waals surface area (Å²) < 4.78 is 110. The van der Waals surface area contributed by atoms with Crippen LogP contribution >= 0.6 is 15.9 Å². The number of carbonyl (C=O) groups is 1. The molecule has 204 valence electrons. The molecule has 1 aromatic carbocycles. The predicted octanol–water partition coefficient (Wildman–Crippen LogP) is 5.39. The standard InChI is InChI=1S/C21H15BrF8N6O2/c1-9(15-34-17(22)35-36(15)18-31-6-13(7-32-18)38-8-20(25,26)27)33-16(37)11-2-10(14-5-19(14,23)24)3-12(4-11)21(28,29)30/h2-4,6-7,9,14H,5,8H2,1H3,(H,33,37). The summed E-state index contributed by atoms with van der Waals surface area (Å²) >= 11 is 3.04. The molecule has 2 atom stereocenters. The Morgan fingerprint density at radius 1 is 1.18 bits per heavy atom. The number of alkyl halides is 8. The molecule has 2 unspecified atom stereocenters. The summed E-state index contributed by atoms with van der Waals surface area (Å²) in [7, 11) is 0. The minimum atomic E-state index is -4.88. The normalized spacial score (nSPS) is 17.7. The van der Waals surface area contributed by atoms with Gasteiger partial charge in [0.25, 0.3) is 17.8 Å². The largest absolute Gasteiger partial charge is 0.481 e. The molecule has 2 heterocycles. The molecule has 1 N–H and O–H groups in total. The molecule has 0 spiro atoms. The van der Waals surface area contributed by atoms with Gasteiger partial charge >= 0.3 is 12.4 Å². The highest BCUT2D eigenvalue weighted by molar-refractivity contribution is 9.10. The van der Waals surface area contributed by atoms with Crippen LogP contribution < -0.4 is 10.1 Å². The Kier molecular flexibility index (Phi) is 7.09. The Balaban J connectivity index is 1.56. The van der Waals surface area contributed by atoms with Crippen molar-refractivity contribution in [3.8, 4) is 11.7 Å². The van der Waals surface area contributed by atoms with E-state index in [1.54, 1.807) is 0 Å². The zero-order valence-electron chi connectivity index (χ0n) is 18.9. The first-order valence-corrected chi connectivity index (χ1v) is 11.4. The van der Waals surface area contributed by atoms with Crippen LogP contribution in [0.3, 0.4) is 0 Å². The number of halogens is 9. The van der Waals surface area contributed by atoms with Crippen molar-refractivity contribution in [2.75, 3.05) is 6.61 Å². The Labute approximate surface area is 216 Å². The van der Waals surface area contributed by atoms with Crippen LogP contribution in [-0.4, -0.2) is 49.3 Å². The van der Waals surface area contributed by atoms with Crippen LogP contribution in [-0.2, 0) is 6.18 Å². The van der Waals surface area contributed by atoms with Crippen LogP contribution in [0, 0.1) is 0 Å². The summed E-state index contributed by atoms with van der Waals surface area (Å²) in [6.45, 7) is -0.149. The van der Waals surface area contributed by atoms with E-state index in [0.717, 1.165) is 23.1 Å². The number of rotatable bonds is 7. The van der Waals surface area contributed by atoms with Gasteiger partial charge < -0.3 is 10.1 Å². The molecular weight excluding hydrogens is 600 g/mol. The number of ether oxygens (including phenoxy) is 1. The van der Waals surface area contributed by atoms with Gasteiger partial charge in [-0.25, -0.2) is 23.7 Å². The number of benzene rings is 1. The average Bonchev–Trinajstić information content (AvgIpc) is 3.28. The molecule has 0 bridgehead atoms. The number of aromatic nitrogens is 5. The molecule has 0 radical (unpaired) electrons. The molecule has 0 aliphatic heterocycles. The van der Waals surface area contributed by atoms with E-state index in [1.807, 2.05) is 0 Å². The van der Waals surface area contributed by atoms with Crippen LogP contribution in [0.1, 0.15) is 52.6 Å². The molecule has 2 aromatic heterocycles. The van der Waals surface area contributed by atoms with Crippen molar-refractivity contribution < 1.29 is 44.7 Å². The maximum Gasteiger partial charge on any atom is 0.422 e. The fourth-order valence-corrected chi connectivity index (χ4v) is 3.79. The minimum Gasteiger partial charge on any atom is -0.481 e. The molecule has 1 amide bonds. The van der Waals surface area contributed by atoms with Gasteiger partial charge in [-0.15, -0.1) is 5.10 Å². The van der Waals surface area contributed by atoms with E-state index in [1.165, 1.54) is 6.92 Å². The summed E-state index contributed by atoms with van der Waals surface area (Å²) in [6, 6.07) is 1.10. The Morgan fingerprint density at radius 3 is 2.37 bits per heavy atom. The third-order valence-electron chi connectivity index (χ3n) is 5.32. The lowest BCUT2D eigenvalue weighted by Crippen LogP contribution is -2.29. The number of hydrogen-bond acceptors (Lipinski definition) is 6. The summed E-state index contributed by atoms with van der Waals surface area (Å²) in [6.07, 6.45) is -8.17. The van der Waals surface area contributed by atoms with Gasteiger partial charge in [0.2, 0.25) is 4.73 Å². The Morgan fingerprint density at radius 2 is 1.82 bits per heavy atom. The number of hydrogen-bond donors (Lipinski definition) is 1. The second-order valence-corrected chi connectivity index (χ2v) is 9.04. The molecular formula is C21H15BrF8N6O2. The fraction of sp³-hybridized carbons (Fsp3) is 0.381. The van der Waals surface area contributed by atoms with Crippen molar-refractivity contribution in [3.63, 3.8) is 0 Å². The van der Waals surface area contributed by atoms with Crippen molar-refractivity contribution in [2.24, 2.45) is 0 Å². The van der Waals surface area contributed by atoms with Crippen molar-refractivity contribution in [1.29, 1.82) is 0 Å². The molecule has 17 heteroatoms. The lowest BCUT2D eigenvalue weighted by atomic mass is 10.0. The average molecular weight is 615 g/mol. The quantitative estimate of drug-likeness (QED) is 0.359. The van der Waals surface area contributed by atoms with Gasteiger partial charge in [-0.05, 0) is 46.6 Å². The van der Waals surface area contributed by atoms with Gasteiger partial charge in [-0.3, -0.25) is 4.79 Å². The van der Waals surface area contributed by atoms with E-state index in [9.17, 15) is 39.9 Å². The summed E-state index contributed by atoms with van der Waals surface area (Å²) in [5.41, 5.74) is -2.05. The topological polar surface area (TPSA) is 94.8 Å². The Hall–Kier alpha value is -3.37. The van der Waals surface area contributed by atoms with Gasteiger partial charge in [0, 0.05) is 12.0 Å². The summed E-state index contributed by atoms with van der Waals surface area (Å²) in [5, 5.41) is 6.42. The van der Waals surface area contributed by atoms with Crippen LogP contribution in [0.15, 0.2) is 35.3 Å². The molecule has 1 fully saturated rings. The maximum absolute atomic E-state index is 13.5. The van der Waals surface area contributed by atoms with E-state index in [2.05, 4.69) is 46.0 Å². The van der Waals surface area contributed by atoms with Crippen molar-refractivity contribution >= 4 is 21.8 Å². The van der Waals surface area contributed by atoms with Crippen molar-refractivity contribution in [1.82, 2.24) is 30.0 Å². The second kappa shape index (κ2) is 9.74. The summed E-state index contributed by atoms with van der Waals surface area (Å²) in [4.78, 5) is 24.6. The monoisotopic (exact) mass is 614 g/mol. The van der Waals surface area contributed by atoms with Gasteiger partial charge in [-0.2, -0.15) is 31.0 Å². The van der Waals surface area contributed by atoms with Gasteiger partial charge in [-0.1, -0.05) is 0 Å². The van der Waals surface area contributed by atoms with Crippen LogP contribution in [0.5, 0.6) is 5.75 Å². The molecule has 8 nitrogen and oxygen atoms in total. The molecule has 1 saturated carbocycles. The lowest BCUT2D eigenvalue weighted by Gasteiger charge is -2.16. The second-order valence-electron chi connectivity index (χ2n) is 8.33. The maximum atomic E-state index is 13.5. The van der Waals surface area contributed by atoms with Gasteiger partial charge in [0.05, 0.1) is 29.9 Å². The number of amides is 1. The number of nitrogens with zero attached hydrogens (tertiary/aromatic N) is 5. The van der Waals surface area contributed by atoms with Crippen LogP contribution in [0.4, 0.5) is 35.1 Å². The van der Waals surface area contributed by atoms with Crippen LogP contribution in [0.25, 0.3) is 5.95 Å². The third-order valence-corrected chi connectivity index (χ3v) is 5.66. The molecule has 1 aliphatic rings. The van der Waals surface area contributed by atoms with Gasteiger partial charge in [0.15, 0.2) is 18.2 Å². The highest BCUT2D eigenvalue weighted by atomic mass is 79.9. The SMILES string of the molecule is CC(NC(=O)c1cc(C2CC2(F)F)cc(C(F)(F)F)c1)c1nc(Br)nn1-c1ncc(OCC(F)(F)F)cn1. The zero-order chi connectivity index (χ0) is 28.0. The molecule has 1 aliphatic carbocycles. The number of nitrogens with one attached hydrogen (secondary N) is 1. The van der Waals surface area contributed by atoms with Crippen LogP contribution in [0.2, 0.25) is 0 Å². The highest BCUT2D eigenvalue weighted by Gasteiger charge is 2.58. The van der Waals surface area contributed by atoms with E-state index >= 15 is 0 Å². The zero-order valence-corrected chi connectivity index (χ0v) is 20.5. The van der Waals surface area contributed by atoms with E-state index in [0.29, 0.717) is 12.1 Å². The third kappa shape index (κ3) is 6.36. The van der Waals surface area contributed by atoms with E-state index in [4.69, 9.17) is 0 Å². The first-order valence-electron chi connectivity index (χ1n) is 10.6. The number of carbonyl (C=O) groups excluding carboxylic acids is 1. The fourth-order valence-electron chi connectivity index (χ4n) is 3.45. The van der Waals surface area contributed by atoms with Gasteiger partial charge in [0.1, 0.15) is 0 Å². The molecule has 4 rings (SSSR count). The summed E-state index contributed by atoms with van der Waals surface area (Å²) in [5.74, 6) is -6.04. The first kappa shape index (κ1) is 27.7. The highest BCUT2D eigenvalue weighted by Crippen LogP contribution is 2.56. The van der Waals surface area contributed by atoms with Crippen molar-refractivity contribution in [2.45, 2.75) is 43.6 Å². The smallest absolute Gasteiger partial charge is 0.422 e. The lowest BCUT2D eigenvalue weighted by molar-refractivity contribution is -0.153. The van der Waals surface area contributed by atoms with E-state index < -0.39 is 60.3 Å². The first-order chi connectivity index (χ1) is 17.5. The van der Waals surface area contributed by atoms with Crippen molar-refractivity contribution in [3.05, 3.63) is 57.8 Å². The van der Waals surface area contributed by atoms with E-state index in [-0.39, 0.29) is 27.8 Å². The Bertz CT molecular complexity index is 1340.